The molecule has 0 aliphatic rings. The number of methoxy groups -OCH3 is 1. The van der Waals surface area contributed by atoms with Crippen LogP contribution in [0.2, 0.25) is 0 Å². The van der Waals surface area contributed by atoms with Gasteiger partial charge in [0, 0.05) is 31.9 Å². The number of esters is 1. The Morgan fingerprint density at radius 1 is 1.00 bits per heavy atom. The lowest BCUT2D eigenvalue weighted by Crippen LogP contribution is -2.31. The van der Waals surface area contributed by atoms with Crippen LogP contribution in [-0.4, -0.2) is 23.6 Å². The van der Waals surface area contributed by atoms with Gasteiger partial charge in [-0.3, -0.25) is 4.79 Å². The van der Waals surface area contributed by atoms with Crippen LogP contribution in [0.5, 0.6) is 0 Å². The number of aromatic nitrogens is 1. The number of rotatable bonds is 7. The third-order valence-electron chi connectivity index (χ3n) is 4.83. The first-order valence-electron chi connectivity index (χ1n) is 9.19. The fourth-order valence-corrected chi connectivity index (χ4v) is 3.27. The second-order valence-electron chi connectivity index (χ2n) is 6.65. The van der Waals surface area contributed by atoms with E-state index in [4.69, 9.17) is 4.74 Å². The molecular weight excluding hydrogens is 352 g/mol. The Morgan fingerprint density at radius 3 is 2.39 bits per heavy atom. The van der Waals surface area contributed by atoms with Crippen LogP contribution in [0, 0.1) is 0 Å². The van der Waals surface area contributed by atoms with E-state index in [0.717, 1.165) is 11.3 Å². The van der Waals surface area contributed by atoms with Gasteiger partial charge in [-0.05, 0) is 29.3 Å². The maximum atomic E-state index is 13.1. The van der Waals surface area contributed by atoms with E-state index in [1.54, 1.807) is 12.1 Å². The zero-order valence-corrected chi connectivity index (χ0v) is 16.1. The lowest BCUT2D eigenvalue weighted by atomic mass is 9.89. The van der Waals surface area contributed by atoms with Crippen LogP contribution in [0.3, 0.4) is 0 Å². The molecule has 5 heteroatoms. The van der Waals surface area contributed by atoms with Crippen LogP contribution in [0.15, 0.2) is 72.9 Å². The van der Waals surface area contributed by atoms with Gasteiger partial charge in [0.05, 0.1) is 18.6 Å². The minimum atomic E-state index is -0.507. The molecule has 0 spiro atoms. The number of nitrogens with zero attached hydrogens (tertiary/aromatic N) is 1. The van der Waals surface area contributed by atoms with Crippen molar-refractivity contribution in [2.45, 2.75) is 18.9 Å². The van der Waals surface area contributed by atoms with Crippen LogP contribution in [0.25, 0.3) is 0 Å². The summed E-state index contributed by atoms with van der Waals surface area (Å²) in [6, 6.07) is 20.8. The van der Waals surface area contributed by atoms with Crippen molar-refractivity contribution in [2.24, 2.45) is 7.05 Å². The first-order valence-corrected chi connectivity index (χ1v) is 9.19. The van der Waals surface area contributed by atoms with Gasteiger partial charge in [0.15, 0.2) is 0 Å². The monoisotopic (exact) mass is 376 g/mol. The van der Waals surface area contributed by atoms with Crippen molar-refractivity contribution in [3.8, 4) is 0 Å². The molecule has 1 N–H and O–H groups in total. The fraction of sp³-hybridized carbons (Fsp3) is 0.217. The Labute approximate surface area is 165 Å². The van der Waals surface area contributed by atoms with E-state index in [2.05, 4.69) is 5.32 Å². The molecule has 0 saturated carbocycles. The number of carbonyl (C=O) groups is 2. The van der Waals surface area contributed by atoms with Crippen LogP contribution in [0.1, 0.15) is 33.1 Å². The third-order valence-corrected chi connectivity index (χ3v) is 4.83. The fourth-order valence-electron chi connectivity index (χ4n) is 3.27. The molecule has 0 bridgehead atoms. The van der Waals surface area contributed by atoms with Crippen molar-refractivity contribution in [3.63, 3.8) is 0 Å². The second-order valence-corrected chi connectivity index (χ2v) is 6.65. The van der Waals surface area contributed by atoms with E-state index in [-0.39, 0.29) is 5.91 Å². The van der Waals surface area contributed by atoms with E-state index in [9.17, 15) is 9.59 Å². The zero-order valence-electron chi connectivity index (χ0n) is 16.1. The number of hydrogen-bond acceptors (Lipinski definition) is 3. The Hall–Kier alpha value is -3.34. The largest absolute Gasteiger partial charge is 0.465 e. The van der Waals surface area contributed by atoms with Crippen molar-refractivity contribution in [2.75, 3.05) is 7.11 Å². The minimum Gasteiger partial charge on any atom is -0.465 e. The second kappa shape index (κ2) is 9.04. The molecule has 1 unspecified atom stereocenters. The SMILES string of the molecule is COC(=O)c1ccccc1C(Cc1cccn1C)C(=O)NCc1ccccc1. The van der Waals surface area contributed by atoms with Crippen LogP contribution in [0.4, 0.5) is 0 Å². The van der Waals surface area contributed by atoms with Gasteiger partial charge >= 0.3 is 5.97 Å². The van der Waals surface area contributed by atoms with Crippen molar-refractivity contribution in [3.05, 3.63) is 95.3 Å². The van der Waals surface area contributed by atoms with Crippen molar-refractivity contribution in [1.29, 1.82) is 0 Å². The summed E-state index contributed by atoms with van der Waals surface area (Å²) in [6.45, 7) is 0.434. The number of nitrogens with one attached hydrogen (secondary N) is 1. The molecule has 5 nitrogen and oxygen atoms in total. The average molecular weight is 376 g/mol. The van der Waals surface area contributed by atoms with Gasteiger partial charge in [0.2, 0.25) is 5.91 Å². The smallest absolute Gasteiger partial charge is 0.338 e. The molecule has 28 heavy (non-hydrogen) atoms. The third kappa shape index (κ3) is 4.49. The number of carbonyl (C=O) groups excluding carboxylic acids is 2. The summed E-state index contributed by atoms with van der Waals surface area (Å²) in [5.74, 6) is -1.07. The van der Waals surface area contributed by atoms with Crippen molar-refractivity contribution in [1.82, 2.24) is 9.88 Å². The number of hydrogen-bond donors (Lipinski definition) is 1. The van der Waals surface area contributed by atoms with E-state index in [0.29, 0.717) is 24.1 Å². The summed E-state index contributed by atoms with van der Waals surface area (Å²) in [4.78, 5) is 25.4. The highest BCUT2D eigenvalue weighted by Crippen LogP contribution is 2.26. The van der Waals surface area contributed by atoms with Gasteiger partial charge in [-0.15, -0.1) is 0 Å². The number of ether oxygens (including phenoxy) is 1. The molecule has 1 amide bonds. The molecule has 0 radical (unpaired) electrons. The van der Waals surface area contributed by atoms with Crippen LogP contribution >= 0.6 is 0 Å². The lowest BCUT2D eigenvalue weighted by Gasteiger charge is -2.20. The summed E-state index contributed by atoms with van der Waals surface area (Å²) in [6.07, 6.45) is 2.43. The summed E-state index contributed by atoms with van der Waals surface area (Å²) < 4.78 is 6.90. The first-order chi connectivity index (χ1) is 13.6. The van der Waals surface area contributed by atoms with Gasteiger partial charge in [-0.25, -0.2) is 4.79 Å². The van der Waals surface area contributed by atoms with Gasteiger partial charge < -0.3 is 14.6 Å². The predicted octanol–water partition coefficient (Wildman–Crippen LogP) is 3.45. The Balaban J connectivity index is 1.90. The Morgan fingerprint density at radius 2 is 1.71 bits per heavy atom. The van der Waals surface area contributed by atoms with Crippen LogP contribution < -0.4 is 5.32 Å². The normalized spacial score (nSPS) is 11.6. The molecule has 1 atom stereocenters. The summed E-state index contributed by atoms with van der Waals surface area (Å²) in [7, 11) is 3.29. The highest BCUT2D eigenvalue weighted by Gasteiger charge is 2.26. The maximum absolute atomic E-state index is 13.1. The highest BCUT2D eigenvalue weighted by atomic mass is 16.5. The summed E-state index contributed by atoms with van der Waals surface area (Å²) in [5.41, 5.74) is 3.12. The van der Waals surface area contributed by atoms with Gasteiger partial charge in [0.1, 0.15) is 0 Å². The average Bonchev–Trinajstić information content (AvgIpc) is 3.15. The van der Waals surface area contributed by atoms with Gasteiger partial charge in [-0.1, -0.05) is 48.5 Å². The first kappa shape index (κ1) is 19.4. The predicted molar refractivity (Wildman–Crippen MR) is 108 cm³/mol. The van der Waals surface area contributed by atoms with Crippen molar-refractivity contribution < 1.29 is 14.3 Å². The number of amides is 1. The van der Waals surface area contributed by atoms with E-state index in [1.165, 1.54) is 7.11 Å². The molecule has 144 valence electrons. The van der Waals surface area contributed by atoms with Crippen molar-refractivity contribution >= 4 is 11.9 Å². The standard InChI is InChI=1S/C23H24N2O3/c1-25-14-8-11-18(25)15-21(19-12-6-7-13-20(19)23(27)28-2)22(26)24-16-17-9-4-3-5-10-17/h3-14,21H,15-16H2,1-2H3,(H,24,26). The minimum absolute atomic E-state index is 0.124. The number of aryl methyl sites for hydroxylation is 1. The van der Waals surface area contributed by atoms with E-state index >= 15 is 0 Å². The lowest BCUT2D eigenvalue weighted by molar-refractivity contribution is -0.122. The topological polar surface area (TPSA) is 60.3 Å². The van der Waals surface area contributed by atoms with E-state index in [1.807, 2.05) is 72.4 Å². The quantitative estimate of drug-likeness (QED) is 0.643. The summed E-state index contributed by atoms with van der Waals surface area (Å²) in [5, 5.41) is 3.01. The number of benzene rings is 2. The molecule has 0 aliphatic heterocycles. The molecule has 3 aromatic rings. The molecule has 3 rings (SSSR count). The molecular formula is C23H24N2O3. The zero-order chi connectivity index (χ0) is 19.9. The molecule has 0 aliphatic carbocycles. The van der Waals surface area contributed by atoms with Crippen LogP contribution in [-0.2, 0) is 29.5 Å². The Bertz CT molecular complexity index is 947. The highest BCUT2D eigenvalue weighted by molar-refractivity contribution is 5.94. The Kier molecular flexibility index (Phi) is 6.27. The van der Waals surface area contributed by atoms with Gasteiger partial charge in [-0.2, -0.15) is 0 Å². The maximum Gasteiger partial charge on any atom is 0.338 e. The molecule has 1 aromatic heterocycles. The van der Waals surface area contributed by atoms with Gasteiger partial charge in [0.25, 0.3) is 0 Å². The summed E-state index contributed by atoms with van der Waals surface area (Å²) >= 11 is 0. The van der Waals surface area contributed by atoms with E-state index < -0.39 is 11.9 Å². The molecule has 2 aromatic carbocycles. The molecule has 0 fully saturated rings. The molecule has 0 saturated heterocycles. The molecule has 1 heterocycles.